The second kappa shape index (κ2) is 7.18. The van der Waals surface area contributed by atoms with Gasteiger partial charge in [0.2, 0.25) is 5.91 Å². The molecule has 0 radical (unpaired) electrons. The van der Waals surface area contributed by atoms with E-state index in [0.717, 1.165) is 49.7 Å². The number of hydrogen-bond donors (Lipinski definition) is 1. The van der Waals surface area contributed by atoms with Gasteiger partial charge in [0.25, 0.3) is 0 Å². The minimum absolute atomic E-state index is 0.0611. The van der Waals surface area contributed by atoms with Crippen LogP contribution in [0.3, 0.4) is 0 Å². The van der Waals surface area contributed by atoms with Crippen LogP contribution in [0.4, 0.5) is 0 Å². The lowest BCUT2D eigenvalue weighted by Crippen LogP contribution is -2.29. The summed E-state index contributed by atoms with van der Waals surface area (Å²) in [4.78, 5) is 13.5. The number of amides is 1. The average molecular weight is 326 g/mol. The first-order valence-electron chi connectivity index (χ1n) is 8.60. The Morgan fingerprint density at radius 3 is 2.88 bits per heavy atom. The summed E-state index contributed by atoms with van der Waals surface area (Å²) in [5.41, 5.74) is 4.62. The van der Waals surface area contributed by atoms with Gasteiger partial charge in [0.1, 0.15) is 0 Å². The summed E-state index contributed by atoms with van der Waals surface area (Å²) < 4.78 is 2.00. The van der Waals surface area contributed by atoms with Crippen LogP contribution in [0.1, 0.15) is 30.3 Å². The van der Waals surface area contributed by atoms with E-state index in [1.807, 2.05) is 11.6 Å². The molecule has 0 bridgehead atoms. The Kier molecular flexibility index (Phi) is 5.00. The number of nitrogens with one attached hydrogen (secondary N) is 1. The molecule has 0 saturated carbocycles. The van der Waals surface area contributed by atoms with E-state index < -0.39 is 0 Å². The molecule has 1 aliphatic heterocycles. The van der Waals surface area contributed by atoms with Gasteiger partial charge in [-0.15, -0.1) is 0 Å². The molecule has 3 rings (SSSR count). The maximum Gasteiger partial charge on any atom is 0.216 e. The second-order valence-electron chi connectivity index (χ2n) is 6.84. The molecule has 5 heteroatoms. The van der Waals surface area contributed by atoms with Gasteiger partial charge in [-0.25, -0.2) is 4.68 Å². The van der Waals surface area contributed by atoms with Crippen molar-refractivity contribution in [1.82, 2.24) is 20.0 Å². The third-order valence-electron chi connectivity index (χ3n) is 4.58. The Bertz CT molecular complexity index is 722. The maximum atomic E-state index is 11.0. The first-order valence-corrected chi connectivity index (χ1v) is 8.60. The van der Waals surface area contributed by atoms with E-state index in [1.54, 1.807) is 6.92 Å². The van der Waals surface area contributed by atoms with Crippen LogP contribution in [0.5, 0.6) is 0 Å². The van der Waals surface area contributed by atoms with Gasteiger partial charge < -0.3 is 5.32 Å². The lowest BCUT2D eigenvalue weighted by molar-refractivity contribution is -0.119. The fraction of sp³-hybridized carbons (Fsp3) is 0.474. The van der Waals surface area contributed by atoms with Crippen molar-refractivity contribution in [2.75, 3.05) is 19.6 Å². The van der Waals surface area contributed by atoms with Gasteiger partial charge in [-0.05, 0) is 56.5 Å². The highest BCUT2D eigenvalue weighted by atomic mass is 16.1. The van der Waals surface area contributed by atoms with Crippen LogP contribution in [-0.2, 0) is 11.3 Å². The molecular weight excluding hydrogens is 300 g/mol. The maximum absolute atomic E-state index is 11.0. The van der Waals surface area contributed by atoms with Crippen molar-refractivity contribution in [3.05, 3.63) is 47.3 Å². The van der Waals surface area contributed by atoms with E-state index in [9.17, 15) is 4.79 Å². The van der Waals surface area contributed by atoms with Crippen LogP contribution in [0.2, 0.25) is 0 Å². The van der Waals surface area contributed by atoms with E-state index in [2.05, 4.69) is 52.6 Å². The van der Waals surface area contributed by atoms with Crippen molar-refractivity contribution in [2.24, 2.45) is 5.92 Å². The molecule has 1 atom stereocenters. The molecule has 1 aliphatic rings. The summed E-state index contributed by atoms with van der Waals surface area (Å²) in [5, 5.41) is 7.50. The molecule has 0 spiro atoms. The largest absolute Gasteiger partial charge is 0.356 e. The fourth-order valence-corrected chi connectivity index (χ4v) is 3.45. The summed E-state index contributed by atoms with van der Waals surface area (Å²) in [6, 6.07) is 10.7. The summed E-state index contributed by atoms with van der Waals surface area (Å²) in [7, 11) is 0. The molecule has 1 amide bonds. The third-order valence-corrected chi connectivity index (χ3v) is 4.58. The number of nitrogens with zero attached hydrogens (tertiary/aromatic N) is 3. The van der Waals surface area contributed by atoms with Crippen LogP contribution in [0.15, 0.2) is 30.3 Å². The van der Waals surface area contributed by atoms with E-state index in [4.69, 9.17) is 0 Å². The first-order chi connectivity index (χ1) is 11.5. The van der Waals surface area contributed by atoms with Crippen LogP contribution in [0, 0.1) is 19.8 Å². The van der Waals surface area contributed by atoms with Crippen molar-refractivity contribution in [3.63, 3.8) is 0 Å². The molecule has 1 saturated heterocycles. The van der Waals surface area contributed by atoms with Gasteiger partial charge in [-0.3, -0.25) is 9.69 Å². The van der Waals surface area contributed by atoms with E-state index in [0.29, 0.717) is 5.92 Å². The first kappa shape index (κ1) is 16.7. The zero-order valence-corrected chi connectivity index (χ0v) is 14.7. The topological polar surface area (TPSA) is 50.2 Å². The predicted octanol–water partition coefficient (Wildman–Crippen LogP) is 2.45. The van der Waals surface area contributed by atoms with Crippen LogP contribution in [-0.4, -0.2) is 40.2 Å². The van der Waals surface area contributed by atoms with Crippen LogP contribution in [0.25, 0.3) is 5.69 Å². The minimum Gasteiger partial charge on any atom is -0.356 e. The summed E-state index contributed by atoms with van der Waals surface area (Å²) in [5.74, 6) is 0.624. The predicted molar refractivity (Wildman–Crippen MR) is 95.1 cm³/mol. The smallest absolute Gasteiger partial charge is 0.216 e. The molecule has 1 fully saturated rings. The molecule has 2 aromatic rings. The number of rotatable bonds is 5. The number of carbonyl (C=O) groups excluding carboxylic acids is 1. The molecule has 0 aliphatic carbocycles. The van der Waals surface area contributed by atoms with Crippen LogP contribution < -0.4 is 5.32 Å². The van der Waals surface area contributed by atoms with Crippen molar-refractivity contribution >= 4 is 5.91 Å². The van der Waals surface area contributed by atoms with E-state index >= 15 is 0 Å². The SMILES string of the molecule is CC(=O)NCC1CCN(Cc2cccc(-n3nc(C)cc3C)c2)C1. The molecule has 5 nitrogen and oxygen atoms in total. The van der Waals surface area contributed by atoms with E-state index in [-0.39, 0.29) is 5.91 Å². The van der Waals surface area contributed by atoms with Gasteiger partial charge in [-0.1, -0.05) is 12.1 Å². The van der Waals surface area contributed by atoms with Crippen molar-refractivity contribution in [3.8, 4) is 5.69 Å². The van der Waals surface area contributed by atoms with Crippen molar-refractivity contribution in [2.45, 2.75) is 33.7 Å². The Balaban J connectivity index is 1.63. The lowest BCUT2D eigenvalue weighted by atomic mass is 10.1. The number of carbonyl (C=O) groups is 1. The van der Waals surface area contributed by atoms with E-state index in [1.165, 1.54) is 5.56 Å². The zero-order chi connectivity index (χ0) is 17.1. The summed E-state index contributed by atoms with van der Waals surface area (Å²) in [6.07, 6.45) is 1.15. The number of aryl methyl sites for hydroxylation is 2. The van der Waals surface area contributed by atoms with Crippen molar-refractivity contribution < 1.29 is 4.79 Å². The highest BCUT2D eigenvalue weighted by molar-refractivity contribution is 5.72. The molecule has 1 N–H and O–H groups in total. The summed E-state index contributed by atoms with van der Waals surface area (Å²) in [6.45, 7) is 9.56. The number of aromatic nitrogens is 2. The third kappa shape index (κ3) is 4.03. The normalized spacial score (nSPS) is 18.0. The molecule has 128 valence electrons. The molecule has 1 aromatic heterocycles. The van der Waals surface area contributed by atoms with Gasteiger partial charge >= 0.3 is 0 Å². The lowest BCUT2D eigenvalue weighted by Gasteiger charge is -2.17. The monoisotopic (exact) mass is 326 g/mol. The Morgan fingerprint density at radius 2 is 2.17 bits per heavy atom. The minimum atomic E-state index is 0.0611. The molecule has 2 heterocycles. The molecule has 1 unspecified atom stereocenters. The summed E-state index contributed by atoms with van der Waals surface area (Å²) >= 11 is 0. The number of hydrogen-bond acceptors (Lipinski definition) is 3. The van der Waals surface area contributed by atoms with Crippen molar-refractivity contribution in [1.29, 1.82) is 0 Å². The highest BCUT2D eigenvalue weighted by Crippen LogP contribution is 2.20. The quantitative estimate of drug-likeness (QED) is 0.918. The molecular formula is C19H26N4O. The Hall–Kier alpha value is -2.14. The van der Waals surface area contributed by atoms with Gasteiger partial charge in [0.15, 0.2) is 0 Å². The number of benzene rings is 1. The Morgan fingerprint density at radius 1 is 1.33 bits per heavy atom. The molecule has 1 aromatic carbocycles. The second-order valence-corrected chi connectivity index (χ2v) is 6.84. The average Bonchev–Trinajstić information content (AvgIpc) is 3.11. The highest BCUT2D eigenvalue weighted by Gasteiger charge is 2.22. The standard InChI is InChI=1S/C19H26N4O/c1-14-9-15(2)23(21-14)19-6-4-5-17(10-19)12-22-8-7-18(13-22)11-20-16(3)24/h4-6,9-10,18H,7-8,11-13H2,1-3H3,(H,20,24). The fourth-order valence-electron chi connectivity index (χ4n) is 3.45. The number of likely N-dealkylation sites (tertiary alicyclic amines) is 1. The van der Waals surface area contributed by atoms with Gasteiger partial charge in [-0.2, -0.15) is 5.10 Å². The van der Waals surface area contributed by atoms with Gasteiger partial charge in [0.05, 0.1) is 11.4 Å². The van der Waals surface area contributed by atoms with Gasteiger partial charge in [0, 0.05) is 32.3 Å². The zero-order valence-electron chi connectivity index (χ0n) is 14.7. The van der Waals surface area contributed by atoms with Crippen LogP contribution >= 0.6 is 0 Å². The molecule has 24 heavy (non-hydrogen) atoms. The Labute approximate surface area is 143 Å².